The maximum absolute atomic E-state index is 14.1. The molecule has 3 aromatic carbocycles. The molecular weight excluding hydrogens is 554 g/mol. The van der Waals surface area contributed by atoms with Crippen LogP contribution >= 0.6 is 0 Å². The van der Waals surface area contributed by atoms with Crippen LogP contribution in [0.4, 0.5) is 5.69 Å². The number of hydrogen-bond acceptors (Lipinski definition) is 6. The van der Waals surface area contributed by atoms with Gasteiger partial charge in [0.15, 0.2) is 11.5 Å². The van der Waals surface area contributed by atoms with Crippen molar-refractivity contribution in [3.63, 3.8) is 0 Å². The van der Waals surface area contributed by atoms with Crippen LogP contribution in [0, 0.1) is 13.8 Å². The van der Waals surface area contributed by atoms with E-state index in [9.17, 15) is 18.0 Å². The Morgan fingerprint density at radius 1 is 0.857 bits per heavy atom. The molecule has 42 heavy (non-hydrogen) atoms. The van der Waals surface area contributed by atoms with E-state index in [0.717, 1.165) is 21.0 Å². The van der Waals surface area contributed by atoms with Gasteiger partial charge >= 0.3 is 0 Å². The first-order valence-electron chi connectivity index (χ1n) is 13.6. The predicted molar refractivity (Wildman–Crippen MR) is 164 cm³/mol. The molecule has 226 valence electrons. The summed E-state index contributed by atoms with van der Waals surface area (Å²) >= 11 is 0. The van der Waals surface area contributed by atoms with Crippen LogP contribution in [-0.4, -0.2) is 57.5 Å². The van der Waals surface area contributed by atoms with Gasteiger partial charge in [-0.05, 0) is 71.4 Å². The zero-order valence-corrected chi connectivity index (χ0v) is 26.4. The van der Waals surface area contributed by atoms with E-state index >= 15 is 0 Å². The maximum Gasteiger partial charge on any atom is 0.264 e. The highest BCUT2D eigenvalue weighted by Crippen LogP contribution is 2.32. The third-order valence-corrected chi connectivity index (χ3v) is 8.45. The smallest absolute Gasteiger partial charge is 0.264 e. The normalized spacial score (nSPS) is 12.3. The van der Waals surface area contributed by atoms with Crippen LogP contribution in [0.2, 0.25) is 0 Å². The lowest BCUT2D eigenvalue weighted by Crippen LogP contribution is -2.54. The van der Waals surface area contributed by atoms with Crippen molar-refractivity contribution >= 4 is 27.5 Å². The Hall–Kier alpha value is -4.05. The lowest BCUT2D eigenvalue weighted by molar-refractivity contribution is -0.140. The van der Waals surface area contributed by atoms with E-state index in [1.807, 2.05) is 58.9 Å². The van der Waals surface area contributed by atoms with Gasteiger partial charge in [0.05, 0.1) is 24.8 Å². The highest BCUT2D eigenvalue weighted by atomic mass is 32.2. The van der Waals surface area contributed by atoms with Crippen LogP contribution in [0.15, 0.2) is 71.6 Å². The lowest BCUT2D eigenvalue weighted by Gasteiger charge is -2.33. The second kappa shape index (κ2) is 13.3. The van der Waals surface area contributed by atoms with Crippen LogP contribution in [0.3, 0.4) is 0 Å². The molecule has 1 N–H and O–H groups in total. The van der Waals surface area contributed by atoms with Crippen molar-refractivity contribution in [3.8, 4) is 11.5 Å². The molecule has 0 saturated heterocycles. The molecule has 0 aliphatic heterocycles. The van der Waals surface area contributed by atoms with Crippen molar-refractivity contribution in [1.82, 2.24) is 10.2 Å². The minimum absolute atomic E-state index is 0.0721. The standard InChI is InChI=1S/C32H41N3O6S/c1-22-9-13-25(14-10-22)20-34(24(3)31(37)33-32(4,5)6)30(36)21-35(26-15-11-23(2)12-16-26)42(38,39)27-17-18-28(40-7)29(19-27)41-8/h9-19,24H,20-21H2,1-8H3,(H,33,37)/t24-/m1/s1. The second-order valence-corrected chi connectivity index (χ2v) is 13.1. The summed E-state index contributed by atoms with van der Waals surface area (Å²) in [5.41, 5.74) is 2.60. The number of sulfonamides is 1. The molecule has 0 radical (unpaired) electrons. The molecule has 0 spiro atoms. The molecule has 0 unspecified atom stereocenters. The number of benzene rings is 3. The van der Waals surface area contributed by atoms with E-state index in [0.29, 0.717) is 11.4 Å². The number of carbonyl (C=O) groups excluding carboxylic acids is 2. The number of nitrogens with zero attached hydrogens (tertiary/aromatic N) is 2. The van der Waals surface area contributed by atoms with E-state index in [1.54, 1.807) is 31.2 Å². The summed E-state index contributed by atoms with van der Waals surface area (Å²) in [6.07, 6.45) is 0. The van der Waals surface area contributed by atoms with E-state index in [2.05, 4.69) is 5.32 Å². The minimum Gasteiger partial charge on any atom is -0.493 e. The van der Waals surface area contributed by atoms with Gasteiger partial charge in [-0.3, -0.25) is 13.9 Å². The van der Waals surface area contributed by atoms with Gasteiger partial charge in [0.2, 0.25) is 11.8 Å². The minimum atomic E-state index is -4.26. The largest absolute Gasteiger partial charge is 0.493 e. The number of hydrogen-bond donors (Lipinski definition) is 1. The summed E-state index contributed by atoms with van der Waals surface area (Å²) in [6, 6.07) is 17.9. The number of carbonyl (C=O) groups is 2. The zero-order valence-electron chi connectivity index (χ0n) is 25.6. The summed E-state index contributed by atoms with van der Waals surface area (Å²) in [4.78, 5) is 28.6. The zero-order chi connectivity index (χ0) is 31.2. The monoisotopic (exact) mass is 595 g/mol. The molecule has 3 aromatic rings. The SMILES string of the molecule is COc1ccc(S(=O)(=O)N(CC(=O)N(Cc2ccc(C)cc2)[C@H](C)C(=O)NC(C)(C)C)c2ccc(C)cc2)cc1OC. The maximum atomic E-state index is 14.1. The highest BCUT2D eigenvalue weighted by molar-refractivity contribution is 7.92. The number of aryl methyl sites for hydroxylation is 2. The number of ether oxygens (including phenoxy) is 2. The Labute approximate surface area is 249 Å². The topological polar surface area (TPSA) is 105 Å². The Kier molecular flexibility index (Phi) is 10.3. The first-order valence-corrected chi connectivity index (χ1v) is 15.1. The van der Waals surface area contributed by atoms with Gasteiger partial charge in [0.25, 0.3) is 10.0 Å². The predicted octanol–water partition coefficient (Wildman–Crippen LogP) is 4.85. The van der Waals surface area contributed by atoms with Crippen LogP contribution < -0.4 is 19.1 Å². The number of anilines is 1. The molecule has 0 aromatic heterocycles. The van der Waals surface area contributed by atoms with Crippen molar-refractivity contribution in [2.75, 3.05) is 25.1 Å². The van der Waals surface area contributed by atoms with Crippen molar-refractivity contribution in [3.05, 3.63) is 83.4 Å². The number of rotatable bonds is 11. The molecule has 0 fully saturated rings. The van der Waals surface area contributed by atoms with E-state index < -0.39 is 34.1 Å². The molecule has 0 saturated carbocycles. The fraction of sp³-hybridized carbons (Fsp3) is 0.375. The molecule has 0 bridgehead atoms. The first kappa shape index (κ1) is 32.5. The van der Waals surface area contributed by atoms with Crippen molar-refractivity contribution in [1.29, 1.82) is 0 Å². The molecule has 2 amide bonds. The third kappa shape index (κ3) is 8.03. The van der Waals surface area contributed by atoms with Gasteiger partial charge in [-0.25, -0.2) is 8.42 Å². The average Bonchev–Trinajstić information content (AvgIpc) is 2.94. The molecule has 9 nitrogen and oxygen atoms in total. The van der Waals surface area contributed by atoms with Crippen molar-refractivity contribution in [2.45, 2.75) is 64.6 Å². The van der Waals surface area contributed by atoms with Crippen molar-refractivity contribution < 1.29 is 27.5 Å². The number of nitrogens with one attached hydrogen (secondary N) is 1. The number of methoxy groups -OCH3 is 2. The fourth-order valence-corrected chi connectivity index (χ4v) is 5.72. The first-order chi connectivity index (χ1) is 19.7. The van der Waals surface area contributed by atoms with Gasteiger partial charge in [0, 0.05) is 18.2 Å². The van der Waals surface area contributed by atoms with Gasteiger partial charge in [-0.15, -0.1) is 0 Å². The van der Waals surface area contributed by atoms with Gasteiger partial charge in [-0.1, -0.05) is 47.5 Å². The van der Waals surface area contributed by atoms with E-state index in [-0.39, 0.29) is 23.1 Å². The average molecular weight is 596 g/mol. The fourth-order valence-electron chi connectivity index (χ4n) is 4.29. The summed E-state index contributed by atoms with van der Waals surface area (Å²) in [6.45, 7) is 10.7. The Morgan fingerprint density at radius 3 is 1.93 bits per heavy atom. The molecule has 1 atom stereocenters. The van der Waals surface area contributed by atoms with Crippen LogP contribution in [0.1, 0.15) is 44.4 Å². The third-order valence-electron chi connectivity index (χ3n) is 6.68. The van der Waals surface area contributed by atoms with Crippen LogP contribution in [-0.2, 0) is 26.2 Å². The Bertz CT molecular complexity index is 1500. The van der Waals surface area contributed by atoms with Gasteiger partial charge in [-0.2, -0.15) is 0 Å². The quantitative estimate of drug-likeness (QED) is 0.340. The van der Waals surface area contributed by atoms with Crippen LogP contribution in [0.5, 0.6) is 11.5 Å². The highest BCUT2D eigenvalue weighted by Gasteiger charge is 2.33. The Morgan fingerprint density at radius 2 is 1.40 bits per heavy atom. The molecule has 0 heterocycles. The lowest BCUT2D eigenvalue weighted by atomic mass is 10.1. The number of amides is 2. The summed E-state index contributed by atoms with van der Waals surface area (Å²) < 4.78 is 39.9. The molecule has 10 heteroatoms. The molecular formula is C32H41N3O6S. The molecule has 0 aliphatic carbocycles. The van der Waals surface area contributed by atoms with Crippen LogP contribution in [0.25, 0.3) is 0 Å². The summed E-state index contributed by atoms with van der Waals surface area (Å²) in [5, 5.41) is 2.93. The van der Waals surface area contributed by atoms with Gasteiger partial charge in [0.1, 0.15) is 12.6 Å². The summed E-state index contributed by atoms with van der Waals surface area (Å²) in [5.74, 6) is -0.260. The Balaban J connectivity index is 2.07. The van der Waals surface area contributed by atoms with Gasteiger partial charge < -0.3 is 19.7 Å². The van der Waals surface area contributed by atoms with E-state index in [1.165, 1.54) is 37.3 Å². The molecule has 0 aliphatic rings. The van der Waals surface area contributed by atoms with Crippen molar-refractivity contribution in [2.24, 2.45) is 0 Å². The second-order valence-electron chi connectivity index (χ2n) is 11.3. The van der Waals surface area contributed by atoms with E-state index in [4.69, 9.17) is 9.47 Å². The molecule has 3 rings (SSSR count). The summed E-state index contributed by atoms with van der Waals surface area (Å²) in [7, 11) is -1.38.